The van der Waals surface area contributed by atoms with Crippen LogP contribution in [0.5, 0.6) is 0 Å². The lowest BCUT2D eigenvalue weighted by Gasteiger charge is -2.21. The number of benzene rings is 1. The number of halogens is 2. The molecule has 1 atom stereocenters. The van der Waals surface area contributed by atoms with E-state index >= 15 is 0 Å². The monoisotopic (exact) mass is 517 g/mol. The zero-order valence-corrected chi connectivity index (χ0v) is 18.9. The van der Waals surface area contributed by atoms with E-state index in [0.717, 1.165) is 38.6 Å². The molecule has 3 rings (SSSR count). The second-order valence-electron chi connectivity index (χ2n) is 7.38. The quantitative estimate of drug-likeness (QED) is 0.318. The Morgan fingerprint density at radius 1 is 1.24 bits per heavy atom. The average molecular weight is 517 g/mol. The Morgan fingerprint density at radius 3 is 2.69 bits per heavy atom. The number of nitrogens with zero attached hydrogens (tertiary/aromatic N) is 2. The van der Waals surface area contributed by atoms with Gasteiger partial charge in [-0.1, -0.05) is 18.9 Å². The minimum absolute atomic E-state index is 0. The molecule has 0 radical (unpaired) electrons. The molecule has 0 bridgehead atoms. The highest BCUT2D eigenvalue weighted by molar-refractivity contribution is 14.0. The molecule has 3 N–H and O–H groups in total. The van der Waals surface area contributed by atoms with E-state index in [1.807, 2.05) is 4.90 Å². The minimum Gasteiger partial charge on any atom is -0.352 e. The Balaban J connectivity index is 0.00000300. The van der Waals surface area contributed by atoms with E-state index in [2.05, 4.69) is 20.9 Å². The molecule has 0 aromatic heterocycles. The van der Waals surface area contributed by atoms with Crippen LogP contribution in [-0.4, -0.2) is 55.4 Å². The van der Waals surface area contributed by atoms with Gasteiger partial charge in [-0.2, -0.15) is 0 Å². The maximum Gasteiger partial charge on any atom is 0.243 e. The van der Waals surface area contributed by atoms with E-state index in [-0.39, 0.29) is 54.3 Å². The van der Waals surface area contributed by atoms with Crippen molar-refractivity contribution in [1.82, 2.24) is 15.5 Å². The van der Waals surface area contributed by atoms with Crippen LogP contribution in [0.15, 0.2) is 29.3 Å². The lowest BCUT2D eigenvalue weighted by molar-refractivity contribution is -0.134. The second kappa shape index (κ2) is 11.3. The molecule has 1 aliphatic carbocycles. The topological polar surface area (TPSA) is 85.8 Å². The van der Waals surface area contributed by atoms with Crippen LogP contribution in [0.25, 0.3) is 0 Å². The fourth-order valence-corrected chi connectivity index (χ4v) is 3.83. The lowest BCUT2D eigenvalue weighted by Crippen LogP contribution is -2.47. The smallest absolute Gasteiger partial charge is 0.243 e. The zero-order valence-electron chi connectivity index (χ0n) is 16.6. The van der Waals surface area contributed by atoms with Gasteiger partial charge in [-0.3, -0.25) is 14.6 Å². The normalized spacial score (nSPS) is 19.6. The lowest BCUT2D eigenvalue weighted by atomic mass is 10.1. The van der Waals surface area contributed by atoms with Crippen molar-refractivity contribution >= 4 is 47.4 Å². The highest BCUT2D eigenvalue weighted by atomic mass is 127. The summed E-state index contributed by atoms with van der Waals surface area (Å²) in [6.07, 6.45) is 5.18. The standard InChI is InChI=1S/C20H28FN5O2.HI/c1-22-20(23-12-18(27)24-16-8-4-7-15(21)11-16)25-17-9-10-26(13-17)19(28)14-5-2-3-6-14;/h4,7-8,11,14,17H,2-3,5-6,9-10,12-13H2,1H3,(H,24,27)(H2,22,23,25);1H. The van der Waals surface area contributed by atoms with Gasteiger partial charge in [-0.15, -0.1) is 24.0 Å². The fraction of sp³-hybridized carbons (Fsp3) is 0.550. The molecule has 1 saturated carbocycles. The van der Waals surface area contributed by atoms with E-state index < -0.39 is 5.82 Å². The highest BCUT2D eigenvalue weighted by Crippen LogP contribution is 2.27. The number of carbonyl (C=O) groups excluding carboxylic acids is 2. The van der Waals surface area contributed by atoms with Crippen molar-refractivity contribution in [3.05, 3.63) is 30.1 Å². The molecule has 0 spiro atoms. The van der Waals surface area contributed by atoms with Gasteiger partial charge in [0.15, 0.2) is 5.96 Å². The summed E-state index contributed by atoms with van der Waals surface area (Å²) in [4.78, 5) is 30.7. The van der Waals surface area contributed by atoms with E-state index in [0.29, 0.717) is 18.2 Å². The number of rotatable bonds is 5. The minimum atomic E-state index is -0.402. The second-order valence-corrected chi connectivity index (χ2v) is 7.38. The molecule has 1 saturated heterocycles. The molecule has 9 heteroatoms. The molecule has 1 heterocycles. The number of nitrogens with one attached hydrogen (secondary N) is 3. The first-order valence-electron chi connectivity index (χ1n) is 9.86. The van der Waals surface area contributed by atoms with Gasteiger partial charge in [0, 0.05) is 37.8 Å². The van der Waals surface area contributed by atoms with Gasteiger partial charge in [0.2, 0.25) is 11.8 Å². The number of likely N-dealkylation sites (tertiary alicyclic amines) is 1. The first-order chi connectivity index (χ1) is 13.5. The SMILES string of the molecule is CN=C(NCC(=O)Nc1cccc(F)c1)NC1CCN(C(=O)C2CCCC2)C1.I. The molecule has 7 nitrogen and oxygen atoms in total. The molecule has 1 aromatic rings. The number of guanidine groups is 1. The molecule has 1 aliphatic heterocycles. The number of aliphatic imine (C=N–C) groups is 1. The molecular formula is C20H29FIN5O2. The van der Waals surface area contributed by atoms with Crippen LogP contribution in [0.1, 0.15) is 32.1 Å². The summed E-state index contributed by atoms with van der Waals surface area (Å²) in [5, 5.41) is 8.87. The predicted octanol–water partition coefficient (Wildman–Crippen LogP) is 2.34. The molecule has 1 aromatic carbocycles. The maximum absolute atomic E-state index is 13.2. The van der Waals surface area contributed by atoms with Crippen molar-refractivity contribution in [1.29, 1.82) is 0 Å². The molecule has 2 fully saturated rings. The van der Waals surface area contributed by atoms with Crippen LogP contribution in [-0.2, 0) is 9.59 Å². The fourth-order valence-electron chi connectivity index (χ4n) is 3.83. The first-order valence-corrected chi connectivity index (χ1v) is 9.86. The van der Waals surface area contributed by atoms with Crippen molar-refractivity contribution in [2.24, 2.45) is 10.9 Å². The maximum atomic E-state index is 13.2. The molecule has 2 aliphatic rings. The van der Waals surface area contributed by atoms with Crippen LogP contribution in [0.3, 0.4) is 0 Å². The Hall–Kier alpha value is -1.91. The van der Waals surface area contributed by atoms with E-state index in [4.69, 9.17) is 0 Å². The van der Waals surface area contributed by atoms with Gasteiger partial charge in [0.1, 0.15) is 5.82 Å². The largest absolute Gasteiger partial charge is 0.352 e. The Morgan fingerprint density at radius 2 is 2.00 bits per heavy atom. The van der Waals surface area contributed by atoms with Crippen molar-refractivity contribution in [2.45, 2.75) is 38.1 Å². The summed E-state index contributed by atoms with van der Waals surface area (Å²) >= 11 is 0. The third-order valence-electron chi connectivity index (χ3n) is 5.29. The highest BCUT2D eigenvalue weighted by Gasteiger charge is 2.32. The van der Waals surface area contributed by atoms with E-state index in [9.17, 15) is 14.0 Å². The van der Waals surface area contributed by atoms with Gasteiger partial charge in [0.25, 0.3) is 0 Å². The molecule has 2 amide bonds. The van der Waals surface area contributed by atoms with E-state index in [1.165, 1.54) is 18.2 Å². The van der Waals surface area contributed by atoms with Crippen LogP contribution < -0.4 is 16.0 Å². The number of hydrogen-bond acceptors (Lipinski definition) is 3. The number of carbonyl (C=O) groups is 2. The molecule has 29 heavy (non-hydrogen) atoms. The third-order valence-corrected chi connectivity index (χ3v) is 5.29. The van der Waals surface area contributed by atoms with Crippen LogP contribution in [0, 0.1) is 11.7 Å². The Kier molecular flexibility index (Phi) is 9.12. The predicted molar refractivity (Wildman–Crippen MR) is 122 cm³/mol. The summed E-state index contributed by atoms with van der Waals surface area (Å²) < 4.78 is 13.2. The van der Waals surface area contributed by atoms with E-state index in [1.54, 1.807) is 13.1 Å². The summed E-state index contributed by atoms with van der Waals surface area (Å²) in [6, 6.07) is 5.87. The number of amides is 2. The van der Waals surface area contributed by atoms with Gasteiger partial charge < -0.3 is 20.9 Å². The van der Waals surface area contributed by atoms with Crippen LogP contribution >= 0.6 is 24.0 Å². The van der Waals surface area contributed by atoms with Gasteiger partial charge in [-0.05, 0) is 37.5 Å². The van der Waals surface area contributed by atoms with Crippen LogP contribution in [0.2, 0.25) is 0 Å². The number of anilines is 1. The summed E-state index contributed by atoms with van der Waals surface area (Å²) in [5.74, 6) is 0.288. The zero-order chi connectivity index (χ0) is 19.9. The van der Waals surface area contributed by atoms with Crippen molar-refractivity contribution in [3.63, 3.8) is 0 Å². The summed E-state index contributed by atoms with van der Waals surface area (Å²) in [5.41, 5.74) is 0.409. The van der Waals surface area contributed by atoms with Gasteiger partial charge in [0.05, 0.1) is 6.54 Å². The summed E-state index contributed by atoms with van der Waals surface area (Å²) in [7, 11) is 1.64. The third kappa shape index (κ3) is 6.83. The average Bonchev–Trinajstić information content (AvgIpc) is 3.36. The van der Waals surface area contributed by atoms with Crippen molar-refractivity contribution in [3.8, 4) is 0 Å². The Bertz CT molecular complexity index is 739. The Labute approximate surface area is 187 Å². The van der Waals surface area contributed by atoms with Gasteiger partial charge >= 0.3 is 0 Å². The first kappa shape index (κ1) is 23.4. The molecule has 1 unspecified atom stereocenters. The van der Waals surface area contributed by atoms with Crippen molar-refractivity contribution < 1.29 is 14.0 Å². The van der Waals surface area contributed by atoms with Crippen molar-refractivity contribution in [2.75, 3.05) is 32.0 Å². The number of hydrogen-bond donors (Lipinski definition) is 3. The van der Waals surface area contributed by atoms with Gasteiger partial charge in [-0.25, -0.2) is 4.39 Å². The summed E-state index contributed by atoms with van der Waals surface area (Å²) in [6.45, 7) is 1.42. The molecular weight excluding hydrogens is 488 g/mol. The molecule has 160 valence electrons. The van der Waals surface area contributed by atoms with Crippen LogP contribution in [0.4, 0.5) is 10.1 Å².